The van der Waals surface area contributed by atoms with Gasteiger partial charge in [0.15, 0.2) is 11.5 Å². The summed E-state index contributed by atoms with van der Waals surface area (Å²) in [5.41, 5.74) is 4.21. The van der Waals surface area contributed by atoms with E-state index in [4.69, 9.17) is 4.98 Å². The Morgan fingerprint density at radius 2 is 1.71 bits per heavy atom. The van der Waals surface area contributed by atoms with Crippen LogP contribution in [-0.2, 0) is 17.8 Å². The van der Waals surface area contributed by atoms with Crippen molar-refractivity contribution in [1.82, 2.24) is 38.8 Å². The molecule has 0 radical (unpaired) electrons. The molecule has 13 heteroatoms. The van der Waals surface area contributed by atoms with Crippen molar-refractivity contribution in [3.05, 3.63) is 89.9 Å². The average Bonchev–Trinajstić information content (AvgIpc) is 3.72. The molecule has 0 unspecified atom stereocenters. The van der Waals surface area contributed by atoms with Gasteiger partial charge in [-0.25, -0.2) is 14.5 Å². The predicted molar refractivity (Wildman–Crippen MR) is 161 cm³/mol. The highest BCUT2D eigenvalue weighted by molar-refractivity contribution is 5.94. The molecular formula is C32H35F3N8O2. The first kappa shape index (κ1) is 30.5. The number of carbonyl (C=O) groups excluding carboxylic acids is 2. The van der Waals surface area contributed by atoms with Gasteiger partial charge >= 0.3 is 6.18 Å². The Morgan fingerprint density at radius 1 is 0.911 bits per heavy atom. The second-order valence-corrected chi connectivity index (χ2v) is 11.5. The first-order valence-electron chi connectivity index (χ1n) is 15.2. The lowest BCUT2D eigenvalue weighted by Crippen LogP contribution is -2.49. The fourth-order valence-corrected chi connectivity index (χ4v) is 5.80. The molecule has 10 nitrogen and oxygen atoms in total. The highest BCUT2D eigenvalue weighted by Gasteiger charge is 2.30. The van der Waals surface area contributed by atoms with E-state index in [1.807, 2.05) is 66.1 Å². The van der Waals surface area contributed by atoms with Crippen molar-refractivity contribution in [2.24, 2.45) is 0 Å². The zero-order valence-corrected chi connectivity index (χ0v) is 24.9. The number of imidazole rings is 1. The molecule has 2 aliphatic rings. The number of fused-ring (bicyclic) bond motifs is 1. The minimum Gasteiger partial charge on any atom is -0.339 e. The number of alkyl halides is 3. The lowest BCUT2D eigenvalue weighted by Gasteiger charge is -2.34. The third-order valence-electron chi connectivity index (χ3n) is 8.39. The molecule has 0 spiro atoms. The molecule has 0 atom stereocenters. The Morgan fingerprint density at radius 3 is 2.40 bits per heavy atom. The summed E-state index contributed by atoms with van der Waals surface area (Å²) in [6.45, 7) is 5.51. The Hall–Kier alpha value is -4.52. The molecule has 0 bridgehead atoms. The van der Waals surface area contributed by atoms with Crippen LogP contribution >= 0.6 is 0 Å². The minimum atomic E-state index is -4.34. The average molecular weight is 621 g/mol. The van der Waals surface area contributed by atoms with Crippen LogP contribution < -0.4 is 0 Å². The van der Waals surface area contributed by atoms with Crippen LogP contribution in [0.4, 0.5) is 13.2 Å². The maximum absolute atomic E-state index is 13.2. The second kappa shape index (κ2) is 13.2. The summed E-state index contributed by atoms with van der Waals surface area (Å²) in [6, 6.07) is 11.4. The van der Waals surface area contributed by atoms with E-state index in [1.165, 1.54) is 4.90 Å². The number of rotatable bonds is 9. The van der Waals surface area contributed by atoms with Crippen LogP contribution in [0.1, 0.15) is 46.6 Å². The van der Waals surface area contributed by atoms with Gasteiger partial charge in [0.1, 0.15) is 0 Å². The fraction of sp³-hybridized carbons (Fsp3) is 0.406. The molecule has 4 aromatic rings. The van der Waals surface area contributed by atoms with Crippen molar-refractivity contribution < 1.29 is 22.8 Å². The lowest BCUT2D eigenvalue weighted by atomic mass is 10.00. The standard InChI is InChI=1S/C32H35F3N8O2/c33-32(34,35)10-7-29(44)41-13-8-25(9-14-41)27-2-1-12-43-30(27)37-28(38-43)22-24-3-5-26(6-4-24)31(45)42-20-18-39(19-21-42)16-17-40-15-11-36-23-40/h1-6,8,11-12,15,23H,7,9-10,13-14,16-22H2. The first-order chi connectivity index (χ1) is 21.7. The van der Waals surface area contributed by atoms with Crippen molar-refractivity contribution in [2.75, 3.05) is 45.8 Å². The summed E-state index contributed by atoms with van der Waals surface area (Å²) in [5.74, 6) is 0.180. The Bertz CT molecular complexity index is 1660. The normalized spacial score (nSPS) is 16.3. The van der Waals surface area contributed by atoms with E-state index in [2.05, 4.69) is 19.5 Å². The number of hydrogen-bond donors (Lipinski definition) is 0. The van der Waals surface area contributed by atoms with Gasteiger partial charge in [-0.05, 0) is 41.8 Å². The van der Waals surface area contributed by atoms with Crippen molar-refractivity contribution in [2.45, 2.75) is 38.4 Å². The summed E-state index contributed by atoms with van der Waals surface area (Å²) in [7, 11) is 0. The van der Waals surface area contributed by atoms with Gasteiger partial charge in [0.2, 0.25) is 5.91 Å². The topological polar surface area (TPSA) is 91.9 Å². The van der Waals surface area contributed by atoms with Gasteiger partial charge in [0.05, 0.1) is 12.7 Å². The number of halogens is 3. The quantitative estimate of drug-likeness (QED) is 0.282. The van der Waals surface area contributed by atoms with E-state index in [1.54, 1.807) is 10.7 Å². The third-order valence-corrected chi connectivity index (χ3v) is 8.39. The summed E-state index contributed by atoms with van der Waals surface area (Å²) in [4.78, 5) is 40.0. The van der Waals surface area contributed by atoms with Crippen LogP contribution in [0.5, 0.6) is 0 Å². The van der Waals surface area contributed by atoms with E-state index in [-0.39, 0.29) is 12.5 Å². The molecule has 3 aromatic heterocycles. The highest BCUT2D eigenvalue weighted by atomic mass is 19.4. The zero-order valence-electron chi connectivity index (χ0n) is 24.9. The van der Waals surface area contributed by atoms with Gasteiger partial charge in [0.25, 0.3) is 5.91 Å². The van der Waals surface area contributed by atoms with Crippen LogP contribution in [0.2, 0.25) is 0 Å². The van der Waals surface area contributed by atoms with Gasteiger partial charge in [0, 0.05) is 94.9 Å². The van der Waals surface area contributed by atoms with Gasteiger partial charge in [-0.15, -0.1) is 0 Å². The molecule has 0 N–H and O–H groups in total. The number of aromatic nitrogens is 5. The summed E-state index contributed by atoms with van der Waals surface area (Å²) in [6.07, 6.45) is 4.30. The number of nitrogens with zero attached hydrogens (tertiary/aromatic N) is 8. The SMILES string of the molecule is O=C(CCC(F)(F)F)N1CC=C(c2cccn3nc(Cc4ccc(C(=O)N5CCN(CCn6ccnc6)CC5)cc4)nc23)CC1. The Balaban J connectivity index is 1.04. The number of benzene rings is 1. The monoisotopic (exact) mass is 620 g/mol. The maximum atomic E-state index is 13.2. The molecule has 0 aliphatic carbocycles. The lowest BCUT2D eigenvalue weighted by molar-refractivity contribution is -0.148. The maximum Gasteiger partial charge on any atom is 0.389 e. The fourth-order valence-electron chi connectivity index (χ4n) is 5.80. The summed E-state index contributed by atoms with van der Waals surface area (Å²) < 4.78 is 41.3. The molecule has 2 amide bonds. The van der Waals surface area contributed by atoms with Crippen LogP contribution in [0.25, 0.3) is 11.2 Å². The van der Waals surface area contributed by atoms with E-state index in [0.717, 1.165) is 42.9 Å². The van der Waals surface area contributed by atoms with Gasteiger partial charge in [-0.2, -0.15) is 18.3 Å². The van der Waals surface area contributed by atoms with Crippen LogP contribution in [-0.4, -0.2) is 103 Å². The van der Waals surface area contributed by atoms with Crippen molar-refractivity contribution in [3.8, 4) is 0 Å². The number of pyridine rings is 1. The summed E-state index contributed by atoms with van der Waals surface area (Å²) in [5, 5.41) is 4.65. The van der Waals surface area contributed by atoms with Crippen LogP contribution in [0, 0.1) is 0 Å². The predicted octanol–water partition coefficient (Wildman–Crippen LogP) is 3.93. The number of hydrogen-bond acceptors (Lipinski definition) is 6. The molecule has 1 fully saturated rings. The summed E-state index contributed by atoms with van der Waals surface area (Å²) >= 11 is 0. The molecule has 236 valence electrons. The largest absolute Gasteiger partial charge is 0.389 e. The highest BCUT2D eigenvalue weighted by Crippen LogP contribution is 2.27. The molecular weight excluding hydrogens is 585 g/mol. The van der Waals surface area contributed by atoms with Crippen LogP contribution in [0.15, 0.2) is 67.4 Å². The smallest absolute Gasteiger partial charge is 0.339 e. The van der Waals surface area contributed by atoms with Crippen molar-refractivity contribution >= 4 is 23.0 Å². The van der Waals surface area contributed by atoms with Crippen molar-refractivity contribution in [1.29, 1.82) is 0 Å². The van der Waals surface area contributed by atoms with Gasteiger partial charge in [-0.3, -0.25) is 14.5 Å². The molecule has 2 aliphatic heterocycles. The van der Waals surface area contributed by atoms with Gasteiger partial charge in [-0.1, -0.05) is 18.2 Å². The second-order valence-electron chi connectivity index (χ2n) is 11.5. The molecule has 5 heterocycles. The number of amides is 2. The Kier molecular flexibility index (Phi) is 8.97. The number of carbonyl (C=O) groups is 2. The molecule has 6 rings (SSSR count). The third kappa shape index (κ3) is 7.59. The van der Waals surface area contributed by atoms with Crippen LogP contribution in [0.3, 0.4) is 0 Å². The van der Waals surface area contributed by atoms with Gasteiger partial charge < -0.3 is 14.4 Å². The number of piperazine rings is 1. The zero-order chi connectivity index (χ0) is 31.4. The van der Waals surface area contributed by atoms with E-state index in [9.17, 15) is 22.8 Å². The molecule has 0 saturated carbocycles. The van der Waals surface area contributed by atoms with Crippen molar-refractivity contribution in [3.63, 3.8) is 0 Å². The molecule has 45 heavy (non-hydrogen) atoms. The molecule has 1 aromatic carbocycles. The van der Waals surface area contributed by atoms with E-state index >= 15 is 0 Å². The Labute approximate surface area is 258 Å². The van der Waals surface area contributed by atoms with E-state index in [0.29, 0.717) is 49.5 Å². The first-order valence-corrected chi connectivity index (χ1v) is 15.2. The minimum absolute atomic E-state index is 0.0349. The molecule has 1 saturated heterocycles. The van der Waals surface area contributed by atoms with E-state index < -0.39 is 24.9 Å².